The highest BCUT2D eigenvalue weighted by atomic mass is 16.3. The summed E-state index contributed by atoms with van der Waals surface area (Å²) < 4.78 is 0. The second-order valence-electron chi connectivity index (χ2n) is 10.2. The number of likely N-dealkylation sites (tertiary alicyclic amines) is 1. The van der Waals surface area contributed by atoms with Gasteiger partial charge < -0.3 is 20.6 Å². The molecule has 3 N–H and O–H groups in total. The van der Waals surface area contributed by atoms with Crippen LogP contribution in [0.4, 0.5) is 0 Å². The molecular formula is C25H39N3O3. The Morgan fingerprint density at radius 2 is 1.87 bits per heavy atom. The number of nitrogens with zero attached hydrogens (tertiary/aromatic N) is 1. The molecule has 2 fully saturated rings. The van der Waals surface area contributed by atoms with Gasteiger partial charge in [-0.3, -0.25) is 9.59 Å². The van der Waals surface area contributed by atoms with Crippen LogP contribution in [-0.2, 0) is 11.2 Å². The van der Waals surface area contributed by atoms with Gasteiger partial charge in [0.25, 0.3) is 5.91 Å². The van der Waals surface area contributed by atoms with Crippen molar-refractivity contribution >= 4 is 11.8 Å². The van der Waals surface area contributed by atoms with Crippen LogP contribution in [0.2, 0.25) is 0 Å². The molecule has 0 spiro atoms. The molecule has 1 unspecified atom stereocenters. The first-order valence-electron chi connectivity index (χ1n) is 11.9. The molecule has 31 heavy (non-hydrogen) atoms. The Balaban J connectivity index is 1.57. The number of hydrogen-bond acceptors (Lipinski definition) is 4. The zero-order valence-corrected chi connectivity index (χ0v) is 19.5. The quantitative estimate of drug-likeness (QED) is 0.616. The van der Waals surface area contributed by atoms with Gasteiger partial charge in [0.1, 0.15) is 11.8 Å². The van der Waals surface area contributed by atoms with Crippen LogP contribution >= 0.6 is 0 Å². The van der Waals surface area contributed by atoms with Crippen LogP contribution in [-0.4, -0.2) is 52.0 Å². The first kappa shape index (κ1) is 23.6. The number of benzene rings is 1. The van der Waals surface area contributed by atoms with E-state index in [4.69, 9.17) is 0 Å². The highest BCUT2D eigenvalue weighted by molar-refractivity contribution is 5.99. The van der Waals surface area contributed by atoms with E-state index in [0.29, 0.717) is 24.6 Å². The number of hydrogen-bond donors (Lipinski definition) is 3. The number of carbonyl (C=O) groups is 2. The van der Waals surface area contributed by atoms with Gasteiger partial charge >= 0.3 is 0 Å². The molecule has 0 aromatic heterocycles. The van der Waals surface area contributed by atoms with Crippen LogP contribution in [0.3, 0.4) is 0 Å². The molecule has 1 saturated heterocycles. The van der Waals surface area contributed by atoms with Gasteiger partial charge in [-0.05, 0) is 89.5 Å². The molecule has 2 aliphatic rings. The largest absolute Gasteiger partial charge is 0.508 e. The smallest absolute Gasteiger partial charge is 0.252 e. The molecule has 6 nitrogen and oxygen atoms in total. The van der Waals surface area contributed by atoms with Crippen LogP contribution in [0.25, 0.3) is 0 Å². The molecular weight excluding hydrogens is 390 g/mol. The van der Waals surface area contributed by atoms with Gasteiger partial charge in [0.05, 0.1) is 0 Å². The van der Waals surface area contributed by atoms with Crippen LogP contribution in [0, 0.1) is 0 Å². The van der Waals surface area contributed by atoms with Gasteiger partial charge in [0, 0.05) is 29.7 Å². The maximum Gasteiger partial charge on any atom is 0.252 e. The third-order valence-electron chi connectivity index (χ3n) is 6.45. The summed E-state index contributed by atoms with van der Waals surface area (Å²) in [6, 6.07) is 5.21. The van der Waals surface area contributed by atoms with E-state index in [1.165, 1.54) is 6.07 Å². The van der Waals surface area contributed by atoms with Crippen LogP contribution in [0.15, 0.2) is 18.2 Å². The monoisotopic (exact) mass is 429 g/mol. The molecule has 1 saturated carbocycles. The topological polar surface area (TPSA) is 81.7 Å². The number of aromatic hydroxyl groups is 1. The minimum atomic E-state index is -0.453. The number of phenols is 1. The number of unbranched alkanes of at least 4 members (excludes halogenated alkanes) is 1. The lowest BCUT2D eigenvalue weighted by atomic mass is 9.89. The number of amides is 2. The molecule has 1 heterocycles. The third-order valence-corrected chi connectivity index (χ3v) is 6.45. The molecule has 3 rings (SSSR count). The zero-order valence-electron chi connectivity index (χ0n) is 19.5. The lowest BCUT2D eigenvalue weighted by molar-refractivity contribution is -0.131. The summed E-state index contributed by atoms with van der Waals surface area (Å²) in [7, 11) is 0. The summed E-state index contributed by atoms with van der Waals surface area (Å²) in [6.07, 6.45) is 7.55. The van der Waals surface area contributed by atoms with E-state index >= 15 is 0 Å². The fraction of sp³-hybridized carbons (Fsp3) is 0.680. The van der Waals surface area contributed by atoms with Crippen LogP contribution < -0.4 is 10.6 Å². The minimum Gasteiger partial charge on any atom is -0.508 e. The summed E-state index contributed by atoms with van der Waals surface area (Å²) in [6.45, 7) is 9.39. The Kier molecular flexibility index (Phi) is 7.63. The molecule has 1 aromatic rings. The SMILES string of the molecule is CCCCc1cc(O)ccc1C(=O)NC1CCN(C2CCC(NC(C)(C)C)CC2)C1=O. The van der Waals surface area contributed by atoms with Gasteiger partial charge in [-0.1, -0.05) is 13.3 Å². The number of phenolic OH excluding ortho intramolecular Hbond substituents is 1. The predicted molar refractivity (Wildman–Crippen MR) is 123 cm³/mol. The first-order valence-corrected chi connectivity index (χ1v) is 11.9. The molecule has 1 aromatic carbocycles. The van der Waals surface area contributed by atoms with Crippen molar-refractivity contribution in [3.63, 3.8) is 0 Å². The first-order chi connectivity index (χ1) is 14.7. The molecule has 1 aliphatic carbocycles. The molecule has 2 amide bonds. The molecule has 0 bridgehead atoms. The van der Waals surface area contributed by atoms with Crippen molar-refractivity contribution in [3.05, 3.63) is 29.3 Å². The van der Waals surface area contributed by atoms with E-state index in [2.05, 4.69) is 38.3 Å². The standard InChI is InChI=1S/C25H39N3O3/c1-5-6-7-17-16-20(29)12-13-21(17)23(30)26-22-14-15-28(24(22)31)19-10-8-18(9-11-19)27-25(2,3)4/h12-13,16,18-19,22,27,29H,5-11,14-15H2,1-4H3,(H,26,30). The van der Waals surface area contributed by atoms with Crippen molar-refractivity contribution < 1.29 is 14.7 Å². The Bertz CT molecular complexity index is 779. The maximum absolute atomic E-state index is 13.0. The Labute approximate surface area is 186 Å². The number of carbonyl (C=O) groups excluding carboxylic acids is 2. The Morgan fingerprint density at radius 1 is 1.16 bits per heavy atom. The molecule has 0 radical (unpaired) electrons. The number of aryl methyl sites for hydroxylation is 1. The third kappa shape index (κ3) is 6.22. The lowest BCUT2D eigenvalue weighted by Gasteiger charge is -2.37. The normalized spacial score (nSPS) is 24.5. The van der Waals surface area contributed by atoms with Crippen molar-refractivity contribution in [2.75, 3.05) is 6.54 Å². The van der Waals surface area contributed by atoms with Crippen molar-refractivity contribution in [1.82, 2.24) is 15.5 Å². The van der Waals surface area contributed by atoms with Gasteiger partial charge in [0.15, 0.2) is 0 Å². The van der Waals surface area contributed by atoms with E-state index in [-0.39, 0.29) is 29.1 Å². The summed E-state index contributed by atoms with van der Waals surface area (Å²) in [5.41, 5.74) is 1.51. The van der Waals surface area contributed by atoms with Gasteiger partial charge in [-0.25, -0.2) is 0 Å². The molecule has 1 aliphatic heterocycles. The van der Waals surface area contributed by atoms with Crippen molar-refractivity contribution in [3.8, 4) is 5.75 Å². The fourth-order valence-corrected chi connectivity index (χ4v) is 4.95. The van der Waals surface area contributed by atoms with E-state index in [0.717, 1.165) is 50.5 Å². The molecule has 1 atom stereocenters. The van der Waals surface area contributed by atoms with Crippen LogP contribution in [0.5, 0.6) is 5.75 Å². The highest BCUT2D eigenvalue weighted by Gasteiger charge is 2.38. The van der Waals surface area contributed by atoms with Crippen molar-refractivity contribution in [2.45, 2.75) is 103 Å². The van der Waals surface area contributed by atoms with Crippen molar-refractivity contribution in [2.24, 2.45) is 0 Å². The second-order valence-corrected chi connectivity index (χ2v) is 10.2. The Morgan fingerprint density at radius 3 is 2.52 bits per heavy atom. The number of rotatable bonds is 7. The molecule has 172 valence electrons. The lowest BCUT2D eigenvalue weighted by Crippen LogP contribution is -2.49. The molecule has 6 heteroatoms. The van der Waals surface area contributed by atoms with Crippen molar-refractivity contribution in [1.29, 1.82) is 0 Å². The zero-order chi connectivity index (χ0) is 22.6. The van der Waals surface area contributed by atoms with E-state index < -0.39 is 6.04 Å². The number of nitrogens with one attached hydrogen (secondary N) is 2. The fourth-order valence-electron chi connectivity index (χ4n) is 4.95. The average molecular weight is 430 g/mol. The second kappa shape index (κ2) is 10.0. The minimum absolute atomic E-state index is 0.0504. The van der Waals surface area contributed by atoms with Gasteiger partial charge in [-0.15, -0.1) is 0 Å². The van der Waals surface area contributed by atoms with E-state index in [1.54, 1.807) is 12.1 Å². The summed E-state index contributed by atoms with van der Waals surface area (Å²) in [5.74, 6) is 0.00109. The predicted octanol–water partition coefficient (Wildman–Crippen LogP) is 3.76. The van der Waals surface area contributed by atoms with Gasteiger partial charge in [-0.2, -0.15) is 0 Å². The van der Waals surface area contributed by atoms with Gasteiger partial charge in [0.2, 0.25) is 5.91 Å². The van der Waals surface area contributed by atoms with Crippen LogP contribution in [0.1, 0.15) is 88.6 Å². The van der Waals surface area contributed by atoms with E-state index in [9.17, 15) is 14.7 Å². The van der Waals surface area contributed by atoms with E-state index in [1.807, 2.05) is 4.90 Å². The Hall–Kier alpha value is -2.08. The maximum atomic E-state index is 13.0. The summed E-state index contributed by atoms with van der Waals surface area (Å²) in [5, 5.41) is 16.5. The highest BCUT2D eigenvalue weighted by Crippen LogP contribution is 2.28. The average Bonchev–Trinajstić information content (AvgIpc) is 3.06. The summed E-state index contributed by atoms with van der Waals surface area (Å²) >= 11 is 0. The summed E-state index contributed by atoms with van der Waals surface area (Å²) in [4.78, 5) is 28.0.